The lowest BCUT2D eigenvalue weighted by atomic mass is 10.2. The Labute approximate surface area is 151 Å². The number of rotatable bonds is 3. The second kappa shape index (κ2) is 6.88. The van der Waals surface area contributed by atoms with Gasteiger partial charge in [0.1, 0.15) is 29.4 Å². The fourth-order valence-corrected chi connectivity index (χ4v) is 2.64. The molecule has 6 nitrogen and oxygen atoms in total. The van der Waals surface area contributed by atoms with E-state index in [1.54, 1.807) is 30.3 Å². The molecule has 0 saturated carbocycles. The van der Waals surface area contributed by atoms with Gasteiger partial charge in [0.05, 0.1) is 5.56 Å². The summed E-state index contributed by atoms with van der Waals surface area (Å²) >= 11 is 3.46. The summed E-state index contributed by atoms with van der Waals surface area (Å²) in [5, 5.41) is 29.6. The summed E-state index contributed by atoms with van der Waals surface area (Å²) < 4.78 is 6.62. The fourth-order valence-electron chi connectivity index (χ4n) is 2.18. The van der Waals surface area contributed by atoms with Crippen LogP contribution >= 0.6 is 15.9 Å². The molecule has 1 heterocycles. The topological polar surface area (TPSA) is 109 Å². The number of oxazole rings is 1. The Morgan fingerprint density at radius 1 is 1.04 bits per heavy atom. The second-order valence-electron chi connectivity index (χ2n) is 4.89. The third-order valence-electron chi connectivity index (χ3n) is 3.35. The Kier molecular flexibility index (Phi) is 4.48. The lowest BCUT2D eigenvalue weighted by molar-refractivity contribution is 0.619. The fraction of sp³-hybridized carbons (Fsp3) is 0. The predicted molar refractivity (Wildman–Crippen MR) is 94.6 cm³/mol. The highest BCUT2D eigenvalue weighted by Crippen LogP contribution is 2.31. The average molecular weight is 390 g/mol. The molecule has 0 bridgehead atoms. The van der Waals surface area contributed by atoms with Crippen LogP contribution in [-0.2, 0) is 0 Å². The lowest BCUT2D eigenvalue weighted by Crippen LogP contribution is -2.00. The third kappa shape index (κ3) is 3.21. The number of nitrogens with one attached hydrogen (secondary N) is 1. The second-order valence-corrected chi connectivity index (χ2v) is 5.75. The van der Waals surface area contributed by atoms with Gasteiger partial charge in [-0.25, -0.2) is 4.98 Å². The van der Waals surface area contributed by atoms with Gasteiger partial charge in [-0.05, 0) is 46.3 Å². The number of benzene rings is 2. The van der Waals surface area contributed by atoms with Crippen LogP contribution in [0.1, 0.15) is 0 Å². The normalized spacial score (nSPS) is 9.68. The quantitative estimate of drug-likeness (QED) is 0.660. The minimum absolute atomic E-state index is 0.112. The van der Waals surface area contributed by atoms with E-state index in [2.05, 4.69) is 26.2 Å². The maximum absolute atomic E-state index is 9.10. The number of hydrogen-bond acceptors (Lipinski definition) is 6. The van der Waals surface area contributed by atoms with Gasteiger partial charge in [-0.2, -0.15) is 15.8 Å². The van der Waals surface area contributed by atoms with Crippen LogP contribution in [0.25, 0.3) is 22.6 Å². The molecule has 0 fully saturated rings. The SMILES string of the molecule is N#CC(C#N)=C(C#N)Nc1ccc2oc(-c3ccccc3Br)nc2c1. The molecular weight excluding hydrogens is 382 g/mol. The summed E-state index contributed by atoms with van der Waals surface area (Å²) in [5.74, 6) is 0.463. The first-order valence-electron chi connectivity index (χ1n) is 7.03. The van der Waals surface area contributed by atoms with Crippen LogP contribution in [0.3, 0.4) is 0 Å². The summed E-state index contributed by atoms with van der Waals surface area (Å²) in [6.07, 6.45) is 0. The Balaban J connectivity index is 2.01. The van der Waals surface area contributed by atoms with Gasteiger partial charge in [0.25, 0.3) is 0 Å². The molecule has 1 aromatic heterocycles. The summed E-state index contributed by atoms with van der Waals surface area (Å²) in [4.78, 5) is 4.46. The summed E-state index contributed by atoms with van der Waals surface area (Å²) in [5.41, 5.74) is 2.12. The van der Waals surface area contributed by atoms with E-state index < -0.39 is 0 Å². The standard InChI is InChI=1S/C18H8BrN5O/c19-14-4-2-1-3-13(14)18-24-15-7-12(5-6-17(15)25-18)23-16(10-22)11(8-20)9-21/h1-7,23H. The number of aromatic nitrogens is 1. The number of halogens is 1. The van der Waals surface area contributed by atoms with Crippen molar-refractivity contribution in [3.8, 4) is 29.7 Å². The van der Waals surface area contributed by atoms with E-state index >= 15 is 0 Å². The van der Waals surface area contributed by atoms with Crippen LogP contribution in [0.2, 0.25) is 0 Å². The number of nitrogens with zero attached hydrogens (tertiary/aromatic N) is 4. The third-order valence-corrected chi connectivity index (χ3v) is 4.04. The molecule has 0 aliphatic heterocycles. The van der Waals surface area contributed by atoms with E-state index in [-0.39, 0.29) is 11.3 Å². The van der Waals surface area contributed by atoms with Crippen molar-refractivity contribution in [1.29, 1.82) is 15.8 Å². The molecule has 0 atom stereocenters. The minimum Gasteiger partial charge on any atom is -0.436 e. The summed E-state index contributed by atoms with van der Waals surface area (Å²) in [6.45, 7) is 0. The van der Waals surface area contributed by atoms with Crippen LogP contribution in [-0.4, -0.2) is 4.98 Å². The van der Waals surface area contributed by atoms with Crippen molar-refractivity contribution in [2.24, 2.45) is 0 Å². The molecule has 1 N–H and O–H groups in total. The average Bonchev–Trinajstić information content (AvgIpc) is 3.05. The first kappa shape index (κ1) is 16.3. The number of nitriles is 3. The van der Waals surface area contributed by atoms with E-state index in [0.29, 0.717) is 22.7 Å². The molecule has 0 aliphatic carbocycles. The van der Waals surface area contributed by atoms with Gasteiger partial charge >= 0.3 is 0 Å². The van der Waals surface area contributed by atoms with E-state index in [4.69, 9.17) is 20.2 Å². The van der Waals surface area contributed by atoms with Crippen LogP contribution in [0.5, 0.6) is 0 Å². The highest BCUT2D eigenvalue weighted by Gasteiger charge is 2.12. The zero-order valence-corrected chi connectivity index (χ0v) is 14.2. The monoisotopic (exact) mass is 389 g/mol. The van der Waals surface area contributed by atoms with Crippen molar-refractivity contribution < 1.29 is 4.42 Å². The lowest BCUT2D eigenvalue weighted by Gasteiger charge is -2.03. The molecule has 0 spiro atoms. The van der Waals surface area contributed by atoms with Gasteiger partial charge in [-0.15, -0.1) is 0 Å². The maximum Gasteiger partial charge on any atom is 0.228 e. The Morgan fingerprint density at radius 2 is 1.80 bits per heavy atom. The molecule has 7 heteroatoms. The molecule has 3 aromatic rings. The minimum atomic E-state index is -0.281. The van der Waals surface area contributed by atoms with Crippen molar-refractivity contribution in [3.63, 3.8) is 0 Å². The van der Waals surface area contributed by atoms with Crippen LogP contribution in [0.15, 0.2) is 62.6 Å². The van der Waals surface area contributed by atoms with E-state index in [9.17, 15) is 0 Å². The highest BCUT2D eigenvalue weighted by molar-refractivity contribution is 9.10. The van der Waals surface area contributed by atoms with Gasteiger partial charge in [-0.1, -0.05) is 12.1 Å². The Morgan fingerprint density at radius 3 is 2.48 bits per heavy atom. The van der Waals surface area contributed by atoms with Gasteiger partial charge in [0, 0.05) is 10.2 Å². The van der Waals surface area contributed by atoms with Gasteiger partial charge in [0.15, 0.2) is 11.2 Å². The van der Waals surface area contributed by atoms with Crippen LogP contribution in [0, 0.1) is 34.0 Å². The largest absolute Gasteiger partial charge is 0.436 e. The van der Waals surface area contributed by atoms with Crippen molar-refractivity contribution in [2.45, 2.75) is 0 Å². The van der Waals surface area contributed by atoms with Crippen LogP contribution in [0.4, 0.5) is 5.69 Å². The molecule has 118 valence electrons. The number of fused-ring (bicyclic) bond motifs is 1. The van der Waals surface area contributed by atoms with E-state index in [1.165, 1.54) is 0 Å². The smallest absolute Gasteiger partial charge is 0.228 e. The molecule has 0 radical (unpaired) electrons. The number of hydrogen-bond donors (Lipinski definition) is 1. The van der Waals surface area contributed by atoms with Crippen LogP contribution < -0.4 is 5.32 Å². The molecule has 0 unspecified atom stereocenters. The van der Waals surface area contributed by atoms with Crippen molar-refractivity contribution in [3.05, 3.63) is 58.2 Å². The molecule has 2 aromatic carbocycles. The van der Waals surface area contributed by atoms with Crippen molar-refractivity contribution >= 4 is 32.7 Å². The molecule has 25 heavy (non-hydrogen) atoms. The zero-order chi connectivity index (χ0) is 17.8. The number of allylic oxidation sites excluding steroid dienone is 2. The first-order valence-corrected chi connectivity index (χ1v) is 7.82. The predicted octanol–water partition coefficient (Wildman–Crippen LogP) is 4.49. The molecule has 0 saturated heterocycles. The number of anilines is 1. The maximum atomic E-state index is 9.10. The van der Waals surface area contributed by atoms with Gasteiger partial charge < -0.3 is 9.73 Å². The van der Waals surface area contributed by atoms with Gasteiger partial charge in [0.2, 0.25) is 5.89 Å². The van der Waals surface area contributed by atoms with Crippen molar-refractivity contribution in [2.75, 3.05) is 5.32 Å². The Hall–Kier alpha value is -3.60. The summed E-state index contributed by atoms with van der Waals surface area (Å²) in [7, 11) is 0. The van der Waals surface area contributed by atoms with Crippen molar-refractivity contribution in [1.82, 2.24) is 4.98 Å². The zero-order valence-electron chi connectivity index (χ0n) is 12.6. The summed E-state index contributed by atoms with van der Waals surface area (Å²) in [6, 6.07) is 17.8. The molecule has 0 amide bonds. The molecule has 3 rings (SSSR count). The molecule has 0 aliphatic rings. The first-order chi connectivity index (χ1) is 12.2. The van der Waals surface area contributed by atoms with E-state index in [0.717, 1.165) is 10.0 Å². The molecular formula is C18H8BrN5O. The highest BCUT2D eigenvalue weighted by atomic mass is 79.9. The Bertz CT molecular complexity index is 1110. The van der Waals surface area contributed by atoms with Gasteiger partial charge in [-0.3, -0.25) is 0 Å². The van der Waals surface area contributed by atoms with E-state index in [1.807, 2.05) is 30.3 Å².